The second-order valence-corrected chi connectivity index (χ2v) is 20.0. The number of aromatic amines is 1. The van der Waals surface area contributed by atoms with Gasteiger partial charge in [0, 0.05) is 91.9 Å². The number of amides is 6. The van der Waals surface area contributed by atoms with Crippen LogP contribution in [0.5, 0.6) is 5.75 Å². The van der Waals surface area contributed by atoms with Crippen LogP contribution < -0.4 is 26.0 Å². The van der Waals surface area contributed by atoms with E-state index in [0.717, 1.165) is 30.4 Å². The van der Waals surface area contributed by atoms with Gasteiger partial charge in [-0.1, -0.05) is 24.3 Å². The van der Waals surface area contributed by atoms with E-state index in [1.54, 1.807) is 41.6 Å². The Balaban J connectivity index is 0.724. The maximum Gasteiger partial charge on any atom is 0.410 e. The Morgan fingerprint density at radius 3 is 2.39 bits per heavy atom. The van der Waals surface area contributed by atoms with Gasteiger partial charge in [0.15, 0.2) is 11.6 Å². The Bertz CT molecular complexity index is 2830. The molecule has 2 saturated heterocycles. The van der Waals surface area contributed by atoms with Gasteiger partial charge in [0.05, 0.1) is 12.6 Å². The standard InChI is InChI=1S/C55H66N10O10/c1-36(57-49(68)39-13-8-14-40(32-39)61-55(22-26-64(27-23-55)53(71)75-54(2,3)4)52-60-48(62-63-52)37-20-24-56-25-21-37)38-12-9-15-41(33-38)74-31-7-5-6-28-72-29-11-30-73-35-47(67)58-44-17-10-16-42-43(44)34-65(51(42)70)45-18-19-46(66)59-50(45)69/h8-10,12-17,20-21,24-25,32-33,36,45,61H,5-7,11,18-19,22-23,26-31,34-35H2,1-4H3,(H,57,68)(H,58,67)(H,59,66,69)(H,60,62,63)/t36-,45?/m1/s1. The minimum Gasteiger partial charge on any atom is -0.494 e. The number of fused-ring (bicyclic) bond motifs is 1. The second kappa shape index (κ2) is 24.5. The first kappa shape index (κ1) is 53.6. The minimum atomic E-state index is -0.738. The maximum absolute atomic E-state index is 13.7. The van der Waals surface area contributed by atoms with Gasteiger partial charge in [0.2, 0.25) is 17.7 Å². The van der Waals surface area contributed by atoms with Crippen LogP contribution in [0.15, 0.2) is 91.3 Å². The van der Waals surface area contributed by atoms with E-state index in [-0.39, 0.29) is 61.8 Å². The second-order valence-electron chi connectivity index (χ2n) is 20.0. The number of likely N-dealkylation sites (tertiary alicyclic amines) is 1. The van der Waals surface area contributed by atoms with Crippen LogP contribution in [0.4, 0.5) is 16.2 Å². The topological polar surface area (TPSA) is 248 Å². The summed E-state index contributed by atoms with van der Waals surface area (Å²) in [6, 6.07) is 22.8. The fraction of sp³-hybridized carbons (Fsp3) is 0.436. The molecule has 0 aliphatic carbocycles. The van der Waals surface area contributed by atoms with Gasteiger partial charge < -0.3 is 49.7 Å². The largest absolute Gasteiger partial charge is 0.494 e. The molecule has 1 unspecified atom stereocenters. The summed E-state index contributed by atoms with van der Waals surface area (Å²) in [6.07, 6.45) is 7.68. The first-order valence-electron chi connectivity index (χ1n) is 25.6. The summed E-state index contributed by atoms with van der Waals surface area (Å²) < 4.78 is 23.1. The first-order chi connectivity index (χ1) is 36.1. The molecule has 2 atom stereocenters. The monoisotopic (exact) mass is 1030 g/mol. The smallest absolute Gasteiger partial charge is 0.410 e. The summed E-state index contributed by atoms with van der Waals surface area (Å²) in [5.41, 5.74) is 3.11. The Labute approximate surface area is 436 Å². The molecule has 20 nitrogen and oxygen atoms in total. The van der Waals surface area contributed by atoms with E-state index in [1.165, 1.54) is 4.90 Å². The van der Waals surface area contributed by atoms with Crippen LogP contribution in [0.25, 0.3) is 11.4 Å². The van der Waals surface area contributed by atoms with Crippen molar-refractivity contribution in [2.45, 2.75) is 109 Å². The highest BCUT2D eigenvalue weighted by molar-refractivity contribution is 6.07. The molecule has 3 aliphatic rings. The van der Waals surface area contributed by atoms with Crippen LogP contribution in [0, 0.1) is 0 Å². The van der Waals surface area contributed by atoms with Crippen molar-refractivity contribution in [2.24, 2.45) is 0 Å². The number of ether oxygens (including phenoxy) is 4. The molecule has 2 aromatic heterocycles. The van der Waals surface area contributed by atoms with Crippen molar-refractivity contribution in [2.75, 3.05) is 56.8 Å². The van der Waals surface area contributed by atoms with E-state index in [1.807, 2.05) is 82.3 Å². The molecule has 20 heteroatoms. The number of nitrogens with one attached hydrogen (secondary N) is 5. The number of hydrogen-bond donors (Lipinski definition) is 5. The molecule has 75 heavy (non-hydrogen) atoms. The number of carbonyl (C=O) groups excluding carboxylic acids is 6. The van der Waals surface area contributed by atoms with Crippen molar-refractivity contribution < 1.29 is 47.7 Å². The number of hydrogen-bond acceptors (Lipinski definition) is 14. The highest BCUT2D eigenvalue weighted by Gasteiger charge is 2.42. The van der Waals surface area contributed by atoms with Gasteiger partial charge in [0.1, 0.15) is 29.5 Å². The summed E-state index contributed by atoms with van der Waals surface area (Å²) in [5.74, 6) is 0.188. The molecule has 0 radical (unpaired) electrons. The predicted octanol–water partition coefficient (Wildman–Crippen LogP) is 7.07. The zero-order chi connectivity index (χ0) is 53.0. The Kier molecular flexibility index (Phi) is 17.5. The highest BCUT2D eigenvalue weighted by Crippen LogP contribution is 2.37. The van der Waals surface area contributed by atoms with E-state index in [2.05, 4.69) is 41.4 Å². The first-order valence-corrected chi connectivity index (χ1v) is 25.6. The van der Waals surface area contributed by atoms with Crippen LogP contribution in [-0.2, 0) is 40.7 Å². The van der Waals surface area contributed by atoms with E-state index < -0.39 is 23.1 Å². The van der Waals surface area contributed by atoms with Crippen molar-refractivity contribution in [1.82, 2.24) is 40.6 Å². The van der Waals surface area contributed by atoms with Gasteiger partial charge in [0.25, 0.3) is 11.8 Å². The maximum atomic E-state index is 13.7. The van der Waals surface area contributed by atoms with Gasteiger partial charge in [-0.05, 0) is 133 Å². The molecule has 5 N–H and O–H groups in total. The minimum absolute atomic E-state index is 0.157. The molecular weight excluding hydrogens is 961 g/mol. The lowest BCUT2D eigenvalue weighted by molar-refractivity contribution is -0.137. The third-order valence-corrected chi connectivity index (χ3v) is 13.2. The lowest BCUT2D eigenvalue weighted by Gasteiger charge is -2.41. The van der Waals surface area contributed by atoms with Crippen LogP contribution in [0.1, 0.15) is 123 Å². The highest BCUT2D eigenvalue weighted by atomic mass is 16.6. The van der Waals surface area contributed by atoms with E-state index >= 15 is 0 Å². The van der Waals surface area contributed by atoms with Gasteiger partial charge in [-0.3, -0.25) is 34.3 Å². The quantitative estimate of drug-likeness (QED) is 0.0344. The average Bonchev–Trinajstić information content (AvgIpc) is 4.03. The average molecular weight is 1030 g/mol. The number of pyridine rings is 1. The van der Waals surface area contributed by atoms with Gasteiger partial charge in [-0.2, -0.15) is 0 Å². The van der Waals surface area contributed by atoms with Crippen LogP contribution in [0.3, 0.4) is 0 Å². The van der Waals surface area contributed by atoms with Gasteiger partial charge >= 0.3 is 6.09 Å². The van der Waals surface area contributed by atoms with Crippen LogP contribution in [-0.4, -0.2) is 123 Å². The number of aromatic nitrogens is 4. The third kappa shape index (κ3) is 14.1. The molecule has 5 aromatic rings. The summed E-state index contributed by atoms with van der Waals surface area (Å²) in [4.78, 5) is 87.3. The third-order valence-electron chi connectivity index (χ3n) is 13.2. The Morgan fingerprint density at radius 2 is 1.60 bits per heavy atom. The van der Waals surface area contributed by atoms with Crippen molar-refractivity contribution in [3.05, 3.63) is 119 Å². The molecule has 3 aromatic carbocycles. The molecule has 2 fully saturated rings. The summed E-state index contributed by atoms with van der Waals surface area (Å²) in [6.45, 7) is 10.2. The molecule has 396 valence electrons. The number of rotatable bonds is 22. The molecule has 5 heterocycles. The SMILES string of the molecule is C[C@@H](NC(=O)c1cccc(NC2(c3nnc(-c4ccncc4)[nH]3)CCN(C(=O)OC(C)(C)C)CC2)c1)c1cccc(OCCCCCOCCCOCC(=O)Nc2cccc3c2CN(C2CCC(=O)NC2=O)C3=O)c1. The van der Waals surface area contributed by atoms with Crippen molar-refractivity contribution in [3.8, 4) is 17.1 Å². The zero-order valence-corrected chi connectivity index (χ0v) is 42.9. The van der Waals surface area contributed by atoms with Crippen LogP contribution in [0.2, 0.25) is 0 Å². The van der Waals surface area contributed by atoms with Crippen LogP contribution >= 0.6 is 0 Å². The fourth-order valence-corrected chi connectivity index (χ4v) is 9.28. The summed E-state index contributed by atoms with van der Waals surface area (Å²) in [5, 5.41) is 21.0. The number of imide groups is 1. The van der Waals surface area contributed by atoms with E-state index in [9.17, 15) is 28.8 Å². The lowest BCUT2D eigenvalue weighted by atomic mass is 9.86. The summed E-state index contributed by atoms with van der Waals surface area (Å²) in [7, 11) is 0. The van der Waals surface area contributed by atoms with Crippen molar-refractivity contribution in [3.63, 3.8) is 0 Å². The van der Waals surface area contributed by atoms with Gasteiger partial charge in [-0.25, -0.2) is 4.79 Å². The molecule has 6 amide bonds. The fourth-order valence-electron chi connectivity index (χ4n) is 9.28. The predicted molar refractivity (Wildman–Crippen MR) is 277 cm³/mol. The molecular formula is C55H66N10O10. The zero-order valence-electron chi connectivity index (χ0n) is 42.9. The number of unbranched alkanes of at least 4 members (excludes halogenated alkanes) is 2. The summed E-state index contributed by atoms with van der Waals surface area (Å²) >= 11 is 0. The molecule has 8 rings (SSSR count). The number of piperidine rings is 2. The van der Waals surface area contributed by atoms with E-state index in [4.69, 9.17) is 18.9 Å². The van der Waals surface area contributed by atoms with E-state index in [0.29, 0.717) is 104 Å². The van der Waals surface area contributed by atoms with Gasteiger partial charge in [-0.15, -0.1) is 10.2 Å². The molecule has 0 spiro atoms. The number of anilines is 2. The van der Waals surface area contributed by atoms with Crippen molar-refractivity contribution in [1.29, 1.82) is 0 Å². The number of nitrogens with zero attached hydrogens (tertiary/aromatic N) is 5. The molecule has 3 aliphatic heterocycles. The number of carbonyl (C=O) groups is 6. The normalized spacial score (nSPS) is 16.7. The molecule has 0 bridgehead atoms. The van der Waals surface area contributed by atoms with Crippen molar-refractivity contribution >= 4 is 47.0 Å². The lowest BCUT2D eigenvalue weighted by Crippen LogP contribution is -2.52. The number of H-pyrrole nitrogens is 1. The Hall–Kier alpha value is -7.71. The molecule has 0 saturated carbocycles. The Morgan fingerprint density at radius 1 is 0.853 bits per heavy atom. The number of benzene rings is 3.